The summed E-state index contributed by atoms with van der Waals surface area (Å²) in [5.41, 5.74) is 1.49. The zero-order valence-corrected chi connectivity index (χ0v) is 16.2. The van der Waals surface area contributed by atoms with Crippen molar-refractivity contribution in [2.45, 2.75) is 32.4 Å². The first-order valence-electron chi connectivity index (χ1n) is 9.49. The van der Waals surface area contributed by atoms with Gasteiger partial charge in [0, 0.05) is 10.9 Å². The number of benzene rings is 3. The van der Waals surface area contributed by atoms with E-state index >= 15 is 0 Å². The lowest BCUT2D eigenvalue weighted by atomic mass is 10.0. The van der Waals surface area contributed by atoms with E-state index in [1.165, 1.54) is 6.07 Å². The molecule has 0 bridgehead atoms. The largest absolute Gasteiger partial charge is 0.481 e. The molecule has 0 aliphatic rings. The van der Waals surface area contributed by atoms with Crippen molar-refractivity contribution in [2.75, 3.05) is 6.61 Å². The van der Waals surface area contributed by atoms with Gasteiger partial charge >= 0.3 is 6.18 Å². The van der Waals surface area contributed by atoms with Crippen LogP contribution in [-0.2, 0) is 6.42 Å². The molecule has 0 N–H and O–H groups in total. The minimum absolute atomic E-state index is 0.154. The molecule has 0 heterocycles. The van der Waals surface area contributed by atoms with Crippen LogP contribution in [0.1, 0.15) is 36.5 Å². The van der Waals surface area contributed by atoms with Crippen molar-refractivity contribution < 1.29 is 26.7 Å². The zero-order chi connectivity index (χ0) is 21.7. The van der Waals surface area contributed by atoms with Gasteiger partial charge in [0.1, 0.15) is 5.82 Å². The zero-order valence-electron chi connectivity index (χ0n) is 16.2. The predicted octanol–water partition coefficient (Wildman–Crippen LogP) is 6.80. The second kappa shape index (κ2) is 9.17. The van der Waals surface area contributed by atoms with Gasteiger partial charge in [0.25, 0.3) is 0 Å². The lowest BCUT2D eigenvalue weighted by Crippen LogP contribution is -2.19. The number of hydrogen-bond donors (Lipinski definition) is 0. The maximum Gasteiger partial charge on any atom is 0.422 e. The third-order valence-electron chi connectivity index (χ3n) is 4.50. The van der Waals surface area contributed by atoms with Gasteiger partial charge in [-0.15, -0.1) is 0 Å². The Hall–Kier alpha value is -3.07. The summed E-state index contributed by atoms with van der Waals surface area (Å²) in [6, 6.07) is 12.3. The molecule has 0 atom stereocenters. The van der Waals surface area contributed by atoms with E-state index in [1.807, 2.05) is 12.1 Å². The molecule has 6 heteroatoms. The van der Waals surface area contributed by atoms with E-state index in [-0.39, 0.29) is 11.1 Å². The summed E-state index contributed by atoms with van der Waals surface area (Å²) in [5, 5.41) is 1.23. The molecule has 3 aromatic rings. The molecule has 3 aromatic carbocycles. The Balaban J connectivity index is 1.81. The molecule has 0 aliphatic heterocycles. The maximum absolute atomic E-state index is 14.8. The van der Waals surface area contributed by atoms with Crippen molar-refractivity contribution in [1.29, 1.82) is 0 Å². The van der Waals surface area contributed by atoms with Crippen molar-refractivity contribution in [3.05, 3.63) is 76.9 Å². The van der Waals surface area contributed by atoms with Gasteiger partial charge in [0.2, 0.25) is 0 Å². The van der Waals surface area contributed by atoms with Crippen LogP contribution in [0.3, 0.4) is 0 Å². The van der Waals surface area contributed by atoms with Crippen molar-refractivity contribution in [3.8, 4) is 17.6 Å². The average Bonchev–Trinajstić information content (AvgIpc) is 2.70. The highest BCUT2D eigenvalue weighted by Gasteiger charge is 2.28. The number of aryl methyl sites for hydroxylation is 1. The van der Waals surface area contributed by atoms with Crippen LogP contribution in [0, 0.1) is 23.5 Å². The van der Waals surface area contributed by atoms with Crippen LogP contribution in [-0.4, -0.2) is 12.8 Å². The summed E-state index contributed by atoms with van der Waals surface area (Å²) < 4.78 is 69.7. The molecule has 30 heavy (non-hydrogen) atoms. The molecule has 0 aliphatic carbocycles. The molecule has 0 aromatic heterocycles. The Bertz CT molecular complexity index is 1110. The predicted molar refractivity (Wildman–Crippen MR) is 106 cm³/mol. The normalized spacial score (nSPS) is 11.3. The third kappa shape index (κ3) is 5.50. The number of ether oxygens (including phenoxy) is 1. The average molecular weight is 418 g/mol. The van der Waals surface area contributed by atoms with Crippen molar-refractivity contribution in [2.24, 2.45) is 0 Å². The highest BCUT2D eigenvalue weighted by atomic mass is 19.4. The standard InChI is InChI=1S/C24H19F5O/c1-2-3-4-16-6-11-20-19(13-16)10-9-18(23(20)26)8-5-17-7-12-22(21(25)14-17)30-15-24(27,28)29/h6-7,9-14H,2-4,15H2,1H3. The fourth-order valence-corrected chi connectivity index (χ4v) is 2.97. The van der Waals surface area contributed by atoms with Gasteiger partial charge < -0.3 is 4.74 Å². The lowest BCUT2D eigenvalue weighted by molar-refractivity contribution is -0.153. The molecule has 0 saturated heterocycles. The second-order valence-electron chi connectivity index (χ2n) is 6.89. The Morgan fingerprint density at radius 1 is 0.933 bits per heavy atom. The van der Waals surface area contributed by atoms with E-state index in [0.717, 1.165) is 42.3 Å². The van der Waals surface area contributed by atoms with Gasteiger partial charge in [-0.05, 0) is 48.1 Å². The SMILES string of the molecule is CCCCc1ccc2c(F)c(C#Cc3ccc(OCC(F)(F)F)c(F)c3)ccc2c1. The van der Waals surface area contributed by atoms with Crippen LogP contribution in [0.25, 0.3) is 10.8 Å². The molecule has 0 saturated carbocycles. The number of fused-ring (bicyclic) bond motifs is 1. The third-order valence-corrected chi connectivity index (χ3v) is 4.50. The van der Waals surface area contributed by atoms with Gasteiger partial charge in [-0.2, -0.15) is 13.2 Å². The summed E-state index contributed by atoms with van der Waals surface area (Å²) in [7, 11) is 0. The van der Waals surface area contributed by atoms with Gasteiger partial charge in [0.05, 0.1) is 5.56 Å². The van der Waals surface area contributed by atoms with Crippen LogP contribution in [0.4, 0.5) is 22.0 Å². The summed E-state index contributed by atoms with van der Waals surface area (Å²) in [6.45, 7) is 0.526. The van der Waals surface area contributed by atoms with Crippen molar-refractivity contribution in [3.63, 3.8) is 0 Å². The molecule has 1 nitrogen and oxygen atoms in total. The van der Waals surface area contributed by atoms with Gasteiger partial charge in [-0.25, -0.2) is 8.78 Å². The highest BCUT2D eigenvalue weighted by Crippen LogP contribution is 2.24. The molecule has 156 valence electrons. The first-order valence-corrected chi connectivity index (χ1v) is 9.49. The van der Waals surface area contributed by atoms with Gasteiger partial charge in [0.15, 0.2) is 18.2 Å². The van der Waals surface area contributed by atoms with E-state index < -0.39 is 30.2 Å². The molecule has 0 radical (unpaired) electrons. The number of alkyl halides is 3. The van der Waals surface area contributed by atoms with Crippen molar-refractivity contribution in [1.82, 2.24) is 0 Å². The first kappa shape index (κ1) is 21.6. The molecule has 0 unspecified atom stereocenters. The van der Waals surface area contributed by atoms with Crippen LogP contribution in [0.2, 0.25) is 0 Å². The van der Waals surface area contributed by atoms with E-state index in [0.29, 0.717) is 5.39 Å². The molecule has 3 rings (SSSR count). The van der Waals surface area contributed by atoms with E-state index in [9.17, 15) is 22.0 Å². The summed E-state index contributed by atoms with van der Waals surface area (Å²) >= 11 is 0. The van der Waals surface area contributed by atoms with E-state index in [4.69, 9.17) is 0 Å². The Kier molecular flexibility index (Phi) is 6.61. The van der Waals surface area contributed by atoms with E-state index in [1.54, 1.807) is 18.2 Å². The topological polar surface area (TPSA) is 9.23 Å². The van der Waals surface area contributed by atoms with E-state index in [2.05, 4.69) is 23.5 Å². The van der Waals surface area contributed by atoms with Gasteiger partial charge in [-0.3, -0.25) is 0 Å². The maximum atomic E-state index is 14.8. The molecule has 0 amide bonds. The number of rotatable bonds is 5. The Morgan fingerprint density at radius 2 is 1.73 bits per heavy atom. The number of halogens is 5. The Morgan fingerprint density at radius 3 is 2.43 bits per heavy atom. The first-order chi connectivity index (χ1) is 14.3. The highest BCUT2D eigenvalue weighted by molar-refractivity contribution is 5.85. The van der Waals surface area contributed by atoms with Gasteiger partial charge in [-0.1, -0.05) is 49.5 Å². The molecule has 0 fully saturated rings. The van der Waals surface area contributed by atoms with Crippen molar-refractivity contribution >= 4 is 10.8 Å². The Labute approximate surface area is 171 Å². The second-order valence-corrected chi connectivity index (χ2v) is 6.89. The van der Waals surface area contributed by atoms with Crippen LogP contribution < -0.4 is 4.74 Å². The minimum Gasteiger partial charge on any atom is -0.481 e. The number of unbranched alkanes of at least 4 members (excludes halogenated alkanes) is 1. The smallest absolute Gasteiger partial charge is 0.422 e. The fraction of sp³-hybridized carbons (Fsp3) is 0.250. The monoisotopic (exact) mass is 418 g/mol. The summed E-state index contributed by atoms with van der Waals surface area (Å²) in [4.78, 5) is 0. The quantitative estimate of drug-likeness (QED) is 0.327. The fourth-order valence-electron chi connectivity index (χ4n) is 2.97. The number of hydrogen-bond acceptors (Lipinski definition) is 1. The van der Waals surface area contributed by atoms with Crippen LogP contribution in [0.5, 0.6) is 5.75 Å². The summed E-state index contributed by atoms with van der Waals surface area (Å²) in [6.07, 6.45) is -1.48. The van der Waals surface area contributed by atoms with Crippen LogP contribution in [0.15, 0.2) is 48.5 Å². The molecular formula is C24H19F5O. The lowest BCUT2D eigenvalue weighted by Gasteiger charge is -2.09. The summed E-state index contributed by atoms with van der Waals surface area (Å²) in [5.74, 6) is 3.35. The molecule has 0 spiro atoms. The minimum atomic E-state index is -4.56. The molecular weight excluding hydrogens is 399 g/mol. The van der Waals surface area contributed by atoms with Crippen LogP contribution >= 0.6 is 0 Å².